The maximum absolute atomic E-state index is 5.39. The highest BCUT2D eigenvalue weighted by Gasteiger charge is 2.20. The number of imidazole rings is 1. The maximum Gasteiger partial charge on any atom is 0.154 e. The van der Waals surface area contributed by atoms with Gasteiger partial charge in [0, 0.05) is 26.3 Å². The molecule has 2 aromatic heterocycles. The van der Waals surface area contributed by atoms with Gasteiger partial charge in [-0.2, -0.15) is 0 Å². The predicted molar refractivity (Wildman–Crippen MR) is 72.9 cm³/mol. The topological polar surface area (TPSA) is 42.7 Å². The molecule has 1 saturated heterocycles. The van der Waals surface area contributed by atoms with E-state index >= 15 is 0 Å². The summed E-state index contributed by atoms with van der Waals surface area (Å²) < 4.78 is 8.08. The van der Waals surface area contributed by atoms with Crippen molar-refractivity contribution in [2.24, 2.45) is 0 Å². The first kappa shape index (κ1) is 11.9. The van der Waals surface area contributed by atoms with Crippen LogP contribution in [0.4, 0.5) is 5.82 Å². The first-order valence-corrected chi connectivity index (χ1v) is 6.86. The normalized spacial score (nSPS) is 17.2. The molecule has 0 unspecified atom stereocenters. The number of ether oxygens (including phenoxy) is 1. The van der Waals surface area contributed by atoms with Crippen molar-refractivity contribution in [1.82, 2.24) is 14.6 Å². The van der Waals surface area contributed by atoms with Gasteiger partial charge in [-0.25, -0.2) is 9.50 Å². The van der Waals surface area contributed by atoms with Crippen molar-refractivity contribution in [2.75, 3.05) is 25.2 Å². The maximum atomic E-state index is 5.39. The number of nitrogens with zero attached hydrogens (tertiary/aromatic N) is 4. The highest BCUT2D eigenvalue weighted by molar-refractivity contribution is 9.10. The van der Waals surface area contributed by atoms with Gasteiger partial charge in [0.15, 0.2) is 5.65 Å². The van der Waals surface area contributed by atoms with Crippen molar-refractivity contribution < 1.29 is 4.74 Å². The number of rotatable bonds is 2. The summed E-state index contributed by atoms with van der Waals surface area (Å²) in [6.45, 7) is 1.68. The average Bonchev–Trinajstić information content (AvgIpc) is 2.80. The quantitative estimate of drug-likeness (QED) is 0.852. The Kier molecular flexibility index (Phi) is 3.22. The Morgan fingerprint density at radius 3 is 2.94 bits per heavy atom. The van der Waals surface area contributed by atoms with Crippen LogP contribution in [-0.2, 0) is 4.74 Å². The van der Waals surface area contributed by atoms with E-state index in [0.717, 1.165) is 42.1 Å². The number of hydrogen-bond acceptors (Lipinski definition) is 4. The second-order valence-electron chi connectivity index (χ2n) is 4.50. The van der Waals surface area contributed by atoms with E-state index in [-0.39, 0.29) is 0 Å². The fourth-order valence-electron chi connectivity index (χ4n) is 2.28. The van der Waals surface area contributed by atoms with Crippen LogP contribution < -0.4 is 4.90 Å². The molecule has 0 N–H and O–H groups in total. The van der Waals surface area contributed by atoms with E-state index in [1.54, 1.807) is 6.20 Å². The van der Waals surface area contributed by atoms with Crippen LogP contribution in [0, 0.1) is 0 Å². The zero-order valence-corrected chi connectivity index (χ0v) is 11.8. The molecule has 18 heavy (non-hydrogen) atoms. The lowest BCUT2D eigenvalue weighted by Crippen LogP contribution is -2.37. The standard InChI is InChI=1S/C12H15BrN4O/c1-16(9-4-6-18-7-5-9)12-3-2-11-14-8-10(13)17(11)15-12/h2-3,8-9H,4-7H2,1H3. The summed E-state index contributed by atoms with van der Waals surface area (Å²) in [7, 11) is 2.09. The van der Waals surface area contributed by atoms with E-state index in [0.29, 0.717) is 6.04 Å². The van der Waals surface area contributed by atoms with Crippen molar-refractivity contribution in [3.8, 4) is 0 Å². The Morgan fingerprint density at radius 1 is 1.39 bits per heavy atom. The van der Waals surface area contributed by atoms with E-state index < -0.39 is 0 Å². The van der Waals surface area contributed by atoms with E-state index in [1.807, 2.05) is 16.6 Å². The summed E-state index contributed by atoms with van der Waals surface area (Å²) in [5.41, 5.74) is 0.853. The molecule has 0 atom stereocenters. The zero-order valence-electron chi connectivity index (χ0n) is 10.2. The third-order valence-electron chi connectivity index (χ3n) is 3.41. The summed E-state index contributed by atoms with van der Waals surface area (Å²) in [5, 5.41) is 4.60. The first-order valence-electron chi connectivity index (χ1n) is 6.06. The minimum absolute atomic E-state index is 0.506. The van der Waals surface area contributed by atoms with Gasteiger partial charge in [0.1, 0.15) is 10.4 Å². The van der Waals surface area contributed by atoms with E-state index in [1.165, 1.54) is 0 Å². The molecule has 0 amide bonds. The van der Waals surface area contributed by atoms with Crippen LogP contribution in [0.2, 0.25) is 0 Å². The second kappa shape index (κ2) is 4.85. The van der Waals surface area contributed by atoms with Gasteiger partial charge in [0.25, 0.3) is 0 Å². The van der Waals surface area contributed by atoms with Gasteiger partial charge in [-0.1, -0.05) is 0 Å². The SMILES string of the molecule is CN(c1ccc2ncc(Br)n2n1)C1CCOCC1. The van der Waals surface area contributed by atoms with Crippen LogP contribution in [0.25, 0.3) is 5.65 Å². The third-order valence-corrected chi connectivity index (χ3v) is 3.95. The van der Waals surface area contributed by atoms with Crippen LogP contribution in [0.5, 0.6) is 0 Å². The number of halogens is 1. The van der Waals surface area contributed by atoms with E-state index in [4.69, 9.17) is 4.74 Å². The van der Waals surface area contributed by atoms with E-state index in [9.17, 15) is 0 Å². The molecule has 0 bridgehead atoms. The van der Waals surface area contributed by atoms with Gasteiger partial charge < -0.3 is 9.64 Å². The molecule has 0 aromatic carbocycles. The molecule has 1 aliphatic rings. The summed E-state index contributed by atoms with van der Waals surface area (Å²) in [6, 6.07) is 4.51. The van der Waals surface area contributed by atoms with Crippen molar-refractivity contribution in [2.45, 2.75) is 18.9 Å². The smallest absolute Gasteiger partial charge is 0.154 e. The van der Waals surface area contributed by atoms with Crippen molar-refractivity contribution in [3.63, 3.8) is 0 Å². The van der Waals surface area contributed by atoms with Crippen LogP contribution in [-0.4, -0.2) is 40.9 Å². The van der Waals surface area contributed by atoms with Crippen molar-refractivity contribution in [3.05, 3.63) is 22.9 Å². The second-order valence-corrected chi connectivity index (χ2v) is 5.31. The molecule has 0 spiro atoms. The number of aromatic nitrogens is 3. The molecule has 1 fully saturated rings. The van der Waals surface area contributed by atoms with Crippen LogP contribution >= 0.6 is 15.9 Å². The van der Waals surface area contributed by atoms with Gasteiger partial charge in [-0.3, -0.25) is 0 Å². The van der Waals surface area contributed by atoms with Crippen LogP contribution in [0.1, 0.15) is 12.8 Å². The molecular weight excluding hydrogens is 296 g/mol. The Morgan fingerprint density at radius 2 is 2.17 bits per heavy atom. The highest BCUT2D eigenvalue weighted by Crippen LogP contribution is 2.20. The average molecular weight is 311 g/mol. The number of hydrogen-bond donors (Lipinski definition) is 0. The minimum atomic E-state index is 0.506. The van der Waals surface area contributed by atoms with Crippen molar-refractivity contribution in [1.29, 1.82) is 0 Å². The lowest BCUT2D eigenvalue weighted by molar-refractivity contribution is 0.0853. The minimum Gasteiger partial charge on any atom is -0.381 e. The predicted octanol–water partition coefficient (Wildman–Crippen LogP) is 2.11. The lowest BCUT2D eigenvalue weighted by Gasteiger charge is -2.31. The molecule has 0 radical (unpaired) electrons. The Bertz CT molecular complexity index is 550. The Balaban J connectivity index is 1.90. The fraction of sp³-hybridized carbons (Fsp3) is 0.500. The molecule has 2 aromatic rings. The molecule has 6 heteroatoms. The molecule has 0 saturated carbocycles. The summed E-state index contributed by atoms with van der Waals surface area (Å²) in [6.07, 6.45) is 3.88. The molecule has 5 nitrogen and oxygen atoms in total. The zero-order chi connectivity index (χ0) is 12.5. The molecule has 3 heterocycles. The molecule has 96 valence electrons. The van der Waals surface area contributed by atoms with Crippen molar-refractivity contribution >= 4 is 27.4 Å². The van der Waals surface area contributed by atoms with E-state index in [2.05, 4.69) is 38.0 Å². The van der Waals surface area contributed by atoms with Gasteiger partial charge in [-0.05, 0) is 40.9 Å². The van der Waals surface area contributed by atoms with Crippen LogP contribution in [0.15, 0.2) is 22.9 Å². The first-order chi connectivity index (χ1) is 8.75. The van der Waals surface area contributed by atoms with Gasteiger partial charge in [-0.15, -0.1) is 5.10 Å². The monoisotopic (exact) mass is 310 g/mol. The lowest BCUT2D eigenvalue weighted by atomic mass is 10.1. The Labute approximate surface area is 114 Å². The molecule has 0 aliphatic carbocycles. The molecule has 3 rings (SSSR count). The van der Waals surface area contributed by atoms with Gasteiger partial charge in [0.05, 0.1) is 6.20 Å². The molecular formula is C12H15BrN4O. The third kappa shape index (κ3) is 2.10. The number of anilines is 1. The Hall–Kier alpha value is -1.14. The summed E-state index contributed by atoms with van der Waals surface area (Å²) in [4.78, 5) is 6.48. The fourth-order valence-corrected chi connectivity index (χ4v) is 2.65. The molecule has 1 aliphatic heterocycles. The largest absolute Gasteiger partial charge is 0.381 e. The van der Waals surface area contributed by atoms with Gasteiger partial charge in [0.2, 0.25) is 0 Å². The summed E-state index contributed by atoms with van der Waals surface area (Å²) >= 11 is 3.45. The highest BCUT2D eigenvalue weighted by atomic mass is 79.9. The number of fused-ring (bicyclic) bond motifs is 1. The summed E-state index contributed by atoms with van der Waals surface area (Å²) in [5.74, 6) is 0.966. The van der Waals surface area contributed by atoms with Crippen LogP contribution in [0.3, 0.4) is 0 Å². The van der Waals surface area contributed by atoms with Gasteiger partial charge >= 0.3 is 0 Å².